The second-order valence-corrected chi connectivity index (χ2v) is 9.10. The molecule has 174 valence electrons. The van der Waals surface area contributed by atoms with Crippen LogP contribution < -0.4 is 10.2 Å². The van der Waals surface area contributed by atoms with Crippen LogP contribution in [0.3, 0.4) is 0 Å². The van der Waals surface area contributed by atoms with E-state index in [1.165, 1.54) is 4.68 Å². The van der Waals surface area contributed by atoms with Gasteiger partial charge < -0.3 is 25.5 Å². The van der Waals surface area contributed by atoms with Crippen molar-refractivity contribution < 1.29 is 14.2 Å². The summed E-state index contributed by atoms with van der Waals surface area (Å²) in [5, 5.41) is 25.6. The van der Waals surface area contributed by atoms with Gasteiger partial charge in [0, 0.05) is 31.7 Å². The van der Waals surface area contributed by atoms with E-state index in [9.17, 15) is 5.11 Å². The Morgan fingerprint density at radius 1 is 1.33 bits per heavy atom. The van der Waals surface area contributed by atoms with Gasteiger partial charge in [0.2, 0.25) is 0 Å². The molecule has 0 aliphatic carbocycles. The lowest BCUT2D eigenvalue weighted by Crippen LogP contribution is -2.41. The van der Waals surface area contributed by atoms with E-state index in [1.807, 2.05) is 0 Å². The largest absolute Gasteiger partial charge is 0.390 e. The quantitative estimate of drug-likeness (QED) is 0.509. The van der Waals surface area contributed by atoms with Gasteiger partial charge in [0.05, 0.1) is 31.2 Å². The fraction of sp³-hybridized carbons (Fsp3) is 0.478. The highest BCUT2D eigenvalue weighted by atomic mass is 19.1. The standard InChI is InChI=1S/C23H28FN7O2/c1-14-9-23(13-33-14)5-7-31(8-6-23)22-18(12-32)28-21(17(10-25)29-22)27-16-4-3-15-11-26-30(2)20(15)19(16)24/h3-4,10-11,14,25,32H,5-9,12-13H2,1-2H3,(H,27,28)/t14-/m0/s1. The van der Waals surface area contributed by atoms with E-state index < -0.39 is 5.82 Å². The van der Waals surface area contributed by atoms with Gasteiger partial charge in [-0.2, -0.15) is 5.10 Å². The third-order valence-corrected chi connectivity index (χ3v) is 6.87. The molecule has 1 atom stereocenters. The van der Waals surface area contributed by atoms with Gasteiger partial charge >= 0.3 is 0 Å². The van der Waals surface area contributed by atoms with Crippen molar-refractivity contribution in [3.63, 3.8) is 0 Å². The Labute approximate surface area is 191 Å². The number of piperidine rings is 1. The number of aromatic nitrogens is 4. The molecule has 2 fully saturated rings. The third kappa shape index (κ3) is 3.83. The molecule has 0 amide bonds. The van der Waals surface area contributed by atoms with Crippen molar-refractivity contribution >= 4 is 34.4 Å². The van der Waals surface area contributed by atoms with E-state index in [1.54, 1.807) is 25.4 Å². The minimum Gasteiger partial charge on any atom is -0.390 e. The molecule has 4 heterocycles. The molecule has 3 aromatic rings. The first-order valence-corrected chi connectivity index (χ1v) is 11.2. The molecule has 3 N–H and O–H groups in total. The van der Waals surface area contributed by atoms with Crippen LogP contribution in [-0.4, -0.2) is 56.9 Å². The van der Waals surface area contributed by atoms with E-state index in [0.29, 0.717) is 28.5 Å². The summed E-state index contributed by atoms with van der Waals surface area (Å²) in [4.78, 5) is 11.3. The monoisotopic (exact) mass is 453 g/mol. The van der Waals surface area contributed by atoms with E-state index in [-0.39, 0.29) is 29.2 Å². The summed E-state index contributed by atoms with van der Waals surface area (Å²) in [6.07, 6.45) is 6.04. The smallest absolute Gasteiger partial charge is 0.172 e. The number of hydrogen-bond donors (Lipinski definition) is 3. The van der Waals surface area contributed by atoms with Crippen LogP contribution in [0.4, 0.5) is 21.7 Å². The maximum Gasteiger partial charge on any atom is 0.172 e. The molecule has 5 rings (SSSR count). The number of aliphatic hydroxyl groups excluding tert-OH is 1. The van der Waals surface area contributed by atoms with Crippen LogP contribution in [0.2, 0.25) is 0 Å². The maximum atomic E-state index is 15.1. The summed E-state index contributed by atoms with van der Waals surface area (Å²) in [7, 11) is 1.68. The summed E-state index contributed by atoms with van der Waals surface area (Å²) >= 11 is 0. The van der Waals surface area contributed by atoms with Crippen LogP contribution in [0.25, 0.3) is 10.9 Å². The SMILES string of the molecule is C[C@H]1CC2(CCN(c3nc(C=N)c(Nc4ccc5cnn(C)c5c4F)nc3CO)CC2)CO1. The Kier molecular flexibility index (Phi) is 5.49. The molecule has 0 radical (unpaired) electrons. The lowest BCUT2D eigenvalue weighted by molar-refractivity contribution is 0.0975. The number of fused-ring (bicyclic) bond motifs is 1. The van der Waals surface area contributed by atoms with Gasteiger partial charge in [-0.05, 0) is 43.7 Å². The number of nitrogens with one attached hydrogen (secondary N) is 2. The zero-order valence-electron chi connectivity index (χ0n) is 18.8. The van der Waals surface area contributed by atoms with E-state index in [4.69, 9.17) is 10.1 Å². The first kappa shape index (κ1) is 21.7. The molecule has 9 nitrogen and oxygen atoms in total. The molecule has 0 saturated carbocycles. The topological polar surface area (TPSA) is 112 Å². The van der Waals surface area contributed by atoms with Crippen molar-refractivity contribution in [1.82, 2.24) is 19.7 Å². The Bertz CT molecular complexity index is 1200. The molecule has 0 bridgehead atoms. The molecule has 10 heteroatoms. The number of aryl methyl sites for hydroxylation is 1. The van der Waals surface area contributed by atoms with Crippen LogP contribution in [-0.2, 0) is 18.4 Å². The molecule has 33 heavy (non-hydrogen) atoms. The van der Waals surface area contributed by atoms with E-state index in [0.717, 1.165) is 45.2 Å². The molecule has 2 aliphatic heterocycles. The average Bonchev–Trinajstić information content (AvgIpc) is 3.38. The minimum atomic E-state index is -0.464. The lowest BCUT2D eigenvalue weighted by atomic mass is 9.77. The number of ether oxygens (including phenoxy) is 1. The number of anilines is 3. The molecular weight excluding hydrogens is 425 g/mol. The summed E-state index contributed by atoms with van der Waals surface area (Å²) in [6.45, 7) is 4.18. The van der Waals surface area contributed by atoms with Crippen molar-refractivity contribution in [2.75, 3.05) is 29.9 Å². The van der Waals surface area contributed by atoms with Gasteiger partial charge in [0.25, 0.3) is 0 Å². The van der Waals surface area contributed by atoms with Crippen molar-refractivity contribution in [2.24, 2.45) is 12.5 Å². The Balaban J connectivity index is 1.43. The Morgan fingerprint density at radius 3 is 2.79 bits per heavy atom. The summed E-state index contributed by atoms with van der Waals surface area (Å²) < 4.78 is 22.4. The summed E-state index contributed by atoms with van der Waals surface area (Å²) in [5.74, 6) is 0.338. The molecule has 1 aromatic carbocycles. The Hall–Kier alpha value is -3.11. The van der Waals surface area contributed by atoms with E-state index in [2.05, 4.69) is 32.2 Å². The van der Waals surface area contributed by atoms with Crippen molar-refractivity contribution in [3.8, 4) is 0 Å². The number of benzene rings is 1. The number of halogens is 1. The minimum absolute atomic E-state index is 0.204. The molecule has 2 aliphatic rings. The summed E-state index contributed by atoms with van der Waals surface area (Å²) in [5.41, 5.74) is 1.48. The second kappa shape index (κ2) is 8.35. The first-order chi connectivity index (χ1) is 15.9. The van der Waals surface area contributed by atoms with Gasteiger partial charge in [-0.3, -0.25) is 4.68 Å². The average molecular weight is 454 g/mol. The van der Waals surface area contributed by atoms with Crippen molar-refractivity contribution in [1.29, 1.82) is 5.41 Å². The van der Waals surface area contributed by atoms with Crippen LogP contribution in [0.15, 0.2) is 18.3 Å². The molecule has 2 aromatic heterocycles. The zero-order chi connectivity index (χ0) is 23.2. The third-order valence-electron chi connectivity index (χ3n) is 6.87. The second-order valence-electron chi connectivity index (χ2n) is 9.10. The van der Waals surface area contributed by atoms with Gasteiger partial charge in [-0.1, -0.05) is 0 Å². The number of nitrogens with zero attached hydrogens (tertiary/aromatic N) is 5. The van der Waals surface area contributed by atoms with Gasteiger partial charge in [0.15, 0.2) is 17.5 Å². The molecule has 1 spiro atoms. The zero-order valence-corrected chi connectivity index (χ0v) is 18.8. The van der Waals surface area contributed by atoms with Crippen LogP contribution in [0.1, 0.15) is 37.6 Å². The first-order valence-electron chi connectivity index (χ1n) is 11.2. The fourth-order valence-corrected chi connectivity index (χ4v) is 5.06. The van der Waals surface area contributed by atoms with Crippen molar-refractivity contribution in [2.45, 2.75) is 38.9 Å². The maximum absolute atomic E-state index is 15.1. The highest BCUT2D eigenvalue weighted by Gasteiger charge is 2.41. The number of rotatable bonds is 5. The predicted molar refractivity (Wildman–Crippen MR) is 124 cm³/mol. The number of aliphatic hydroxyl groups is 1. The van der Waals surface area contributed by atoms with Crippen molar-refractivity contribution in [3.05, 3.63) is 35.5 Å². The van der Waals surface area contributed by atoms with Crippen LogP contribution in [0.5, 0.6) is 0 Å². The highest BCUT2D eigenvalue weighted by Crippen LogP contribution is 2.42. The normalized spacial score (nSPS) is 20.0. The lowest BCUT2D eigenvalue weighted by Gasteiger charge is -2.39. The molecule has 0 unspecified atom stereocenters. The van der Waals surface area contributed by atoms with Gasteiger partial charge in [0.1, 0.15) is 16.9 Å². The molecule has 2 saturated heterocycles. The predicted octanol–water partition coefficient (Wildman–Crippen LogP) is 3.13. The number of hydrogen-bond acceptors (Lipinski definition) is 8. The molecular formula is C23H28FN7O2. The van der Waals surface area contributed by atoms with Crippen LogP contribution in [0, 0.1) is 16.6 Å². The van der Waals surface area contributed by atoms with Gasteiger partial charge in [-0.15, -0.1) is 0 Å². The van der Waals surface area contributed by atoms with E-state index >= 15 is 4.39 Å². The summed E-state index contributed by atoms with van der Waals surface area (Å²) in [6, 6.07) is 3.37. The Morgan fingerprint density at radius 2 is 2.12 bits per heavy atom. The fourth-order valence-electron chi connectivity index (χ4n) is 5.06. The van der Waals surface area contributed by atoms with Gasteiger partial charge in [-0.25, -0.2) is 14.4 Å². The highest BCUT2D eigenvalue weighted by molar-refractivity contribution is 5.87. The van der Waals surface area contributed by atoms with Crippen LogP contribution >= 0.6 is 0 Å².